The number of rotatable bonds is 3. The van der Waals surface area contributed by atoms with Crippen molar-refractivity contribution in [3.05, 3.63) is 40.6 Å². The van der Waals surface area contributed by atoms with Crippen LogP contribution in [-0.4, -0.2) is 26.1 Å². The molecule has 98 valence electrons. The standard InChI is InChI=1S/C12H12ClN5O/c1-3-9-8(4-7(2)17-18-9)12(19)16-11-5-10(13)14-6-15-11/h4-6H,3H2,1-2H3,(H,14,15,16,19). The molecule has 6 nitrogen and oxygen atoms in total. The Balaban J connectivity index is 2.27. The summed E-state index contributed by atoms with van der Waals surface area (Å²) in [6, 6.07) is 3.18. The summed E-state index contributed by atoms with van der Waals surface area (Å²) in [6.45, 7) is 3.70. The van der Waals surface area contributed by atoms with Crippen LogP contribution in [0.15, 0.2) is 18.5 Å². The molecule has 0 spiro atoms. The van der Waals surface area contributed by atoms with Crippen molar-refractivity contribution in [3.63, 3.8) is 0 Å². The first-order valence-electron chi connectivity index (χ1n) is 5.72. The molecule has 0 saturated carbocycles. The van der Waals surface area contributed by atoms with Gasteiger partial charge < -0.3 is 5.32 Å². The molecule has 2 rings (SSSR count). The van der Waals surface area contributed by atoms with E-state index in [1.165, 1.54) is 12.4 Å². The van der Waals surface area contributed by atoms with Gasteiger partial charge >= 0.3 is 0 Å². The highest BCUT2D eigenvalue weighted by atomic mass is 35.5. The summed E-state index contributed by atoms with van der Waals surface area (Å²) in [5.74, 6) is 0.0612. The summed E-state index contributed by atoms with van der Waals surface area (Å²) < 4.78 is 0. The number of hydrogen-bond acceptors (Lipinski definition) is 5. The molecule has 0 saturated heterocycles. The number of anilines is 1. The second-order valence-corrected chi connectivity index (χ2v) is 4.27. The van der Waals surface area contributed by atoms with Gasteiger partial charge in [-0.15, -0.1) is 0 Å². The van der Waals surface area contributed by atoms with Gasteiger partial charge in [0.1, 0.15) is 17.3 Å². The minimum atomic E-state index is -0.287. The summed E-state index contributed by atoms with van der Waals surface area (Å²) in [6.07, 6.45) is 1.91. The van der Waals surface area contributed by atoms with Crippen molar-refractivity contribution in [2.75, 3.05) is 5.32 Å². The lowest BCUT2D eigenvalue weighted by Crippen LogP contribution is -2.17. The Bertz CT molecular complexity index is 617. The third kappa shape index (κ3) is 3.23. The molecule has 7 heteroatoms. The zero-order valence-electron chi connectivity index (χ0n) is 10.5. The SMILES string of the molecule is CCc1nnc(C)cc1C(=O)Nc1cc(Cl)ncn1. The summed E-state index contributed by atoms with van der Waals surface area (Å²) in [5, 5.41) is 10.9. The van der Waals surface area contributed by atoms with E-state index >= 15 is 0 Å². The van der Waals surface area contributed by atoms with Crippen molar-refractivity contribution in [1.82, 2.24) is 20.2 Å². The van der Waals surface area contributed by atoms with Crippen LogP contribution in [0, 0.1) is 6.92 Å². The fourth-order valence-corrected chi connectivity index (χ4v) is 1.70. The quantitative estimate of drug-likeness (QED) is 0.869. The lowest BCUT2D eigenvalue weighted by Gasteiger charge is -2.07. The molecule has 0 unspecified atom stereocenters. The Kier molecular flexibility index (Phi) is 4.01. The van der Waals surface area contributed by atoms with Gasteiger partial charge in [-0.2, -0.15) is 10.2 Å². The number of carbonyl (C=O) groups excluding carboxylic acids is 1. The predicted molar refractivity (Wildman–Crippen MR) is 71.1 cm³/mol. The maximum atomic E-state index is 12.2. The largest absolute Gasteiger partial charge is 0.306 e. The Morgan fingerprint density at radius 1 is 1.32 bits per heavy atom. The number of aromatic nitrogens is 4. The van der Waals surface area contributed by atoms with E-state index < -0.39 is 0 Å². The van der Waals surface area contributed by atoms with E-state index in [1.807, 2.05) is 6.92 Å². The van der Waals surface area contributed by atoms with Crippen LogP contribution in [0.5, 0.6) is 0 Å². The minimum Gasteiger partial charge on any atom is -0.306 e. The van der Waals surface area contributed by atoms with Crippen molar-refractivity contribution in [3.8, 4) is 0 Å². The molecule has 2 heterocycles. The molecule has 1 amide bonds. The molecule has 19 heavy (non-hydrogen) atoms. The van der Waals surface area contributed by atoms with Gasteiger partial charge in [0.2, 0.25) is 0 Å². The average molecular weight is 278 g/mol. The molecule has 0 fully saturated rings. The number of amides is 1. The average Bonchev–Trinajstić information content (AvgIpc) is 2.38. The van der Waals surface area contributed by atoms with Gasteiger partial charge in [0.05, 0.1) is 17.0 Å². The molecular weight excluding hydrogens is 266 g/mol. The van der Waals surface area contributed by atoms with E-state index in [4.69, 9.17) is 11.6 Å². The Morgan fingerprint density at radius 2 is 2.11 bits per heavy atom. The molecule has 0 aliphatic heterocycles. The van der Waals surface area contributed by atoms with Crippen LogP contribution < -0.4 is 5.32 Å². The molecule has 0 aliphatic carbocycles. The normalized spacial score (nSPS) is 10.3. The van der Waals surface area contributed by atoms with Crippen LogP contribution in [-0.2, 0) is 6.42 Å². The molecule has 0 atom stereocenters. The third-order valence-electron chi connectivity index (χ3n) is 2.45. The summed E-state index contributed by atoms with van der Waals surface area (Å²) in [5.41, 5.74) is 1.82. The Hall–Kier alpha value is -2.08. The van der Waals surface area contributed by atoms with Crippen molar-refractivity contribution in [2.45, 2.75) is 20.3 Å². The molecule has 0 aliphatic rings. The lowest BCUT2D eigenvalue weighted by atomic mass is 10.1. The van der Waals surface area contributed by atoms with Crippen LogP contribution in [0.2, 0.25) is 5.15 Å². The van der Waals surface area contributed by atoms with Gasteiger partial charge in [0.25, 0.3) is 5.91 Å². The van der Waals surface area contributed by atoms with Gasteiger partial charge in [-0.25, -0.2) is 9.97 Å². The number of hydrogen-bond donors (Lipinski definition) is 1. The Labute approximate surface area is 115 Å². The zero-order chi connectivity index (χ0) is 13.8. The molecule has 2 aromatic rings. The van der Waals surface area contributed by atoms with E-state index in [-0.39, 0.29) is 11.1 Å². The molecule has 0 aromatic carbocycles. The van der Waals surface area contributed by atoms with Crippen molar-refractivity contribution >= 4 is 23.3 Å². The van der Waals surface area contributed by atoms with Gasteiger partial charge in [0, 0.05) is 6.07 Å². The molecule has 2 aromatic heterocycles. The topological polar surface area (TPSA) is 80.7 Å². The van der Waals surface area contributed by atoms with Crippen LogP contribution in [0.1, 0.15) is 28.7 Å². The Morgan fingerprint density at radius 3 is 2.79 bits per heavy atom. The zero-order valence-corrected chi connectivity index (χ0v) is 11.3. The summed E-state index contributed by atoms with van der Waals surface area (Å²) >= 11 is 5.73. The molecular formula is C12H12ClN5O. The van der Waals surface area contributed by atoms with E-state index in [0.717, 1.165) is 0 Å². The molecule has 0 bridgehead atoms. The number of aryl methyl sites for hydroxylation is 2. The van der Waals surface area contributed by atoms with Gasteiger partial charge in [-0.1, -0.05) is 18.5 Å². The molecule has 0 radical (unpaired) electrons. The maximum absolute atomic E-state index is 12.2. The second kappa shape index (κ2) is 5.71. The van der Waals surface area contributed by atoms with E-state index in [2.05, 4.69) is 25.5 Å². The third-order valence-corrected chi connectivity index (χ3v) is 2.65. The first-order valence-corrected chi connectivity index (χ1v) is 6.10. The lowest BCUT2D eigenvalue weighted by molar-refractivity contribution is 0.102. The van der Waals surface area contributed by atoms with E-state index in [0.29, 0.717) is 29.2 Å². The van der Waals surface area contributed by atoms with Crippen LogP contribution in [0.25, 0.3) is 0 Å². The van der Waals surface area contributed by atoms with Gasteiger partial charge in [-0.05, 0) is 19.4 Å². The highest BCUT2D eigenvalue weighted by Crippen LogP contribution is 2.13. The van der Waals surface area contributed by atoms with Crippen LogP contribution in [0.4, 0.5) is 5.82 Å². The maximum Gasteiger partial charge on any atom is 0.258 e. The first-order chi connectivity index (χ1) is 9.10. The number of carbonyl (C=O) groups is 1. The monoisotopic (exact) mass is 277 g/mol. The van der Waals surface area contributed by atoms with Crippen LogP contribution >= 0.6 is 11.6 Å². The highest BCUT2D eigenvalue weighted by Gasteiger charge is 2.13. The van der Waals surface area contributed by atoms with Gasteiger partial charge in [0.15, 0.2) is 0 Å². The fraction of sp³-hybridized carbons (Fsp3) is 0.250. The van der Waals surface area contributed by atoms with Crippen molar-refractivity contribution < 1.29 is 4.79 Å². The minimum absolute atomic E-state index is 0.269. The summed E-state index contributed by atoms with van der Waals surface area (Å²) in [7, 11) is 0. The first kappa shape index (κ1) is 13.4. The number of nitrogens with zero attached hydrogens (tertiary/aromatic N) is 4. The van der Waals surface area contributed by atoms with Crippen molar-refractivity contribution in [1.29, 1.82) is 0 Å². The van der Waals surface area contributed by atoms with Crippen molar-refractivity contribution in [2.24, 2.45) is 0 Å². The number of nitrogens with one attached hydrogen (secondary N) is 1. The van der Waals surface area contributed by atoms with E-state index in [9.17, 15) is 4.79 Å². The fourth-order valence-electron chi connectivity index (χ4n) is 1.56. The predicted octanol–water partition coefficient (Wildman–Crippen LogP) is 2.04. The smallest absolute Gasteiger partial charge is 0.258 e. The van der Waals surface area contributed by atoms with Gasteiger partial charge in [-0.3, -0.25) is 4.79 Å². The number of halogens is 1. The summed E-state index contributed by atoms with van der Waals surface area (Å²) in [4.78, 5) is 19.8. The van der Waals surface area contributed by atoms with E-state index in [1.54, 1.807) is 13.0 Å². The molecule has 1 N–H and O–H groups in total. The van der Waals surface area contributed by atoms with Crippen LogP contribution in [0.3, 0.4) is 0 Å². The highest BCUT2D eigenvalue weighted by molar-refractivity contribution is 6.29. The second-order valence-electron chi connectivity index (χ2n) is 3.88.